The fraction of sp³-hybridized carbons (Fsp3) is 0.583. The number of Topliss-reactive ketones (excluding diaryl/α,β-unsaturated/α-hetero) is 1. The summed E-state index contributed by atoms with van der Waals surface area (Å²) in [6.45, 7) is 6.10. The molecule has 0 unspecified atom stereocenters. The molecule has 0 N–H and O–H groups in total. The van der Waals surface area contributed by atoms with Crippen molar-refractivity contribution in [2.45, 2.75) is 33.6 Å². The fourth-order valence-electron chi connectivity index (χ4n) is 1.42. The molecule has 14 heavy (non-hydrogen) atoms. The number of ketones is 1. The first-order valence-electron chi connectivity index (χ1n) is 5.14. The minimum atomic E-state index is 0.181. The minimum Gasteiger partial charge on any atom is -0.299 e. The maximum absolute atomic E-state index is 11.5. The summed E-state index contributed by atoms with van der Waals surface area (Å²) in [5.74, 6) is 1.04. The van der Waals surface area contributed by atoms with Crippen molar-refractivity contribution in [1.29, 1.82) is 0 Å². The van der Waals surface area contributed by atoms with E-state index in [1.807, 2.05) is 13.8 Å². The number of hydrogen-bond acceptors (Lipinski definition) is 2. The molecular formula is C12H18OS. The van der Waals surface area contributed by atoms with Crippen molar-refractivity contribution in [2.24, 2.45) is 11.8 Å². The van der Waals surface area contributed by atoms with Gasteiger partial charge in [-0.25, -0.2) is 0 Å². The zero-order valence-corrected chi connectivity index (χ0v) is 9.93. The number of rotatable bonds is 5. The van der Waals surface area contributed by atoms with Crippen LogP contribution in [0.3, 0.4) is 0 Å². The van der Waals surface area contributed by atoms with Crippen molar-refractivity contribution in [3.8, 4) is 0 Å². The molecule has 0 saturated carbocycles. The molecule has 2 heteroatoms. The number of carbonyl (C=O) groups is 1. The van der Waals surface area contributed by atoms with Gasteiger partial charge in [0.15, 0.2) is 0 Å². The lowest BCUT2D eigenvalue weighted by molar-refractivity contribution is -0.122. The average molecular weight is 210 g/mol. The highest BCUT2D eigenvalue weighted by molar-refractivity contribution is 7.09. The third kappa shape index (κ3) is 3.62. The maximum Gasteiger partial charge on any atom is 0.135 e. The Morgan fingerprint density at radius 1 is 1.43 bits per heavy atom. The molecule has 78 valence electrons. The Hall–Kier alpha value is -0.630. The molecule has 1 aromatic rings. The van der Waals surface area contributed by atoms with Gasteiger partial charge in [-0.05, 0) is 23.8 Å². The monoisotopic (exact) mass is 210 g/mol. The molecule has 0 aliphatic heterocycles. The van der Waals surface area contributed by atoms with Crippen LogP contribution in [0.25, 0.3) is 0 Å². The van der Waals surface area contributed by atoms with Crippen LogP contribution in [-0.2, 0) is 11.2 Å². The molecule has 0 saturated heterocycles. The predicted molar refractivity (Wildman–Crippen MR) is 61.6 cm³/mol. The van der Waals surface area contributed by atoms with E-state index in [1.165, 1.54) is 4.88 Å². The molecule has 0 fully saturated rings. The van der Waals surface area contributed by atoms with Gasteiger partial charge >= 0.3 is 0 Å². The summed E-state index contributed by atoms with van der Waals surface area (Å²) in [7, 11) is 0. The lowest BCUT2D eigenvalue weighted by atomic mass is 9.95. The number of hydrogen-bond donors (Lipinski definition) is 0. The fourth-order valence-corrected chi connectivity index (χ4v) is 2.29. The van der Waals surface area contributed by atoms with Crippen molar-refractivity contribution in [3.05, 3.63) is 22.4 Å². The lowest BCUT2D eigenvalue weighted by Gasteiger charge is -2.10. The Morgan fingerprint density at radius 2 is 2.14 bits per heavy atom. The van der Waals surface area contributed by atoms with Crippen molar-refractivity contribution in [3.63, 3.8) is 0 Å². The van der Waals surface area contributed by atoms with Crippen LogP contribution in [0.2, 0.25) is 0 Å². The van der Waals surface area contributed by atoms with E-state index in [-0.39, 0.29) is 5.92 Å². The molecule has 0 radical (unpaired) electrons. The Labute approximate surface area is 90.2 Å². The summed E-state index contributed by atoms with van der Waals surface area (Å²) in [6, 6.07) is 4.21. The third-order valence-electron chi connectivity index (χ3n) is 2.32. The summed E-state index contributed by atoms with van der Waals surface area (Å²) in [4.78, 5) is 12.9. The zero-order chi connectivity index (χ0) is 10.6. The van der Waals surface area contributed by atoms with Crippen LogP contribution in [0.1, 0.15) is 32.1 Å². The highest BCUT2D eigenvalue weighted by Gasteiger charge is 2.12. The zero-order valence-electron chi connectivity index (χ0n) is 9.12. The minimum absolute atomic E-state index is 0.181. The Kier molecular flexibility index (Phi) is 4.33. The molecule has 1 rings (SSSR count). The van der Waals surface area contributed by atoms with E-state index in [1.54, 1.807) is 11.3 Å². The summed E-state index contributed by atoms with van der Waals surface area (Å²) >= 11 is 1.78. The topological polar surface area (TPSA) is 17.1 Å². The van der Waals surface area contributed by atoms with Gasteiger partial charge < -0.3 is 0 Å². The van der Waals surface area contributed by atoms with Gasteiger partial charge in [-0.15, -0.1) is 11.3 Å². The Bertz CT molecular complexity index is 275. The summed E-state index contributed by atoms with van der Waals surface area (Å²) in [5, 5.41) is 2.09. The van der Waals surface area contributed by atoms with E-state index in [0.717, 1.165) is 12.8 Å². The van der Waals surface area contributed by atoms with Gasteiger partial charge in [-0.1, -0.05) is 26.8 Å². The Morgan fingerprint density at radius 3 is 2.64 bits per heavy atom. The second-order valence-electron chi connectivity index (χ2n) is 4.21. The van der Waals surface area contributed by atoms with Crippen LogP contribution < -0.4 is 0 Å². The SMILES string of the molecule is CC(C)C(=O)C[C@@H](C)Cc1cccs1. The molecule has 0 aromatic carbocycles. The molecular weight excluding hydrogens is 192 g/mol. The summed E-state index contributed by atoms with van der Waals surface area (Å²) in [6.07, 6.45) is 1.76. The van der Waals surface area contributed by atoms with Crippen molar-refractivity contribution in [1.82, 2.24) is 0 Å². The second-order valence-corrected chi connectivity index (χ2v) is 5.25. The first-order valence-corrected chi connectivity index (χ1v) is 6.02. The van der Waals surface area contributed by atoms with Crippen LogP contribution in [0, 0.1) is 11.8 Å². The average Bonchev–Trinajstić information content (AvgIpc) is 2.56. The molecule has 0 aliphatic carbocycles. The standard InChI is InChI=1S/C12H18OS/c1-9(2)12(13)8-10(3)7-11-5-4-6-14-11/h4-6,9-10H,7-8H2,1-3H3/t10-/m0/s1. The molecule has 0 amide bonds. The van der Waals surface area contributed by atoms with Crippen LogP contribution in [0.4, 0.5) is 0 Å². The molecule has 1 aromatic heterocycles. The molecule has 1 atom stereocenters. The smallest absolute Gasteiger partial charge is 0.135 e. The molecule has 1 nitrogen and oxygen atoms in total. The van der Waals surface area contributed by atoms with E-state index < -0.39 is 0 Å². The van der Waals surface area contributed by atoms with Gasteiger partial charge in [-0.2, -0.15) is 0 Å². The molecule has 0 aliphatic rings. The van der Waals surface area contributed by atoms with Crippen LogP contribution in [0.15, 0.2) is 17.5 Å². The first-order chi connectivity index (χ1) is 6.59. The van der Waals surface area contributed by atoms with Gasteiger partial charge in [0.2, 0.25) is 0 Å². The highest BCUT2D eigenvalue weighted by Crippen LogP contribution is 2.17. The quantitative estimate of drug-likeness (QED) is 0.726. The van der Waals surface area contributed by atoms with Gasteiger partial charge in [0.1, 0.15) is 5.78 Å². The molecule has 0 spiro atoms. The maximum atomic E-state index is 11.5. The number of thiophene rings is 1. The van der Waals surface area contributed by atoms with E-state index in [4.69, 9.17) is 0 Å². The van der Waals surface area contributed by atoms with Crippen molar-refractivity contribution < 1.29 is 4.79 Å². The first kappa shape index (κ1) is 11.4. The molecule has 0 bridgehead atoms. The highest BCUT2D eigenvalue weighted by atomic mass is 32.1. The van der Waals surface area contributed by atoms with Gasteiger partial charge in [0, 0.05) is 17.2 Å². The summed E-state index contributed by atoms with van der Waals surface area (Å²) in [5.41, 5.74) is 0. The number of carbonyl (C=O) groups excluding carboxylic acids is 1. The van der Waals surface area contributed by atoms with E-state index in [0.29, 0.717) is 11.7 Å². The van der Waals surface area contributed by atoms with Gasteiger partial charge in [-0.3, -0.25) is 4.79 Å². The van der Waals surface area contributed by atoms with Crippen LogP contribution >= 0.6 is 11.3 Å². The van der Waals surface area contributed by atoms with Crippen molar-refractivity contribution >= 4 is 17.1 Å². The van der Waals surface area contributed by atoms with Crippen molar-refractivity contribution in [2.75, 3.05) is 0 Å². The van der Waals surface area contributed by atoms with E-state index in [2.05, 4.69) is 24.4 Å². The third-order valence-corrected chi connectivity index (χ3v) is 3.22. The van der Waals surface area contributed by atoms with E-state index >= 15 is 0 Å². The second kappa shape index (κ2) is 5.30. The van der Waals surface area contributed by atoms with Gasteiger partial charge in [0.05, 0.1) is 0 Å². The summed E-state index contributed by atoms with van der Waals surface area (Å²) < 4.78 is 0. The van der Waals surface area contributed by atoms with E-state index in [9.17, 15) is 4.79 Å². The largest absolute Gasteiger partial charge is 0.299 e. The Balaban J connectivity index is 2.36. The lowest BCUT2D eigenvalue weighted by Crippen LogP contribution is -2.12. The van der Waals surface area contributed by atoms with Gasteiger partial charge in [0.25, 0.3) is 0 Å². The van der Waals surface area contributed by atoms with Crippen LogP contribution in [0.5, 0.6) is 0 Å². The molecule has 1 heterocycles. The predicted octanol–water partition coefficient (Wildman–Crippen LogP) is 3.54. The normalized spacial score (nSPS) is 13.1. The van der Waals surface area contributed by atoms with Crippen LogP contribution in [-0.4, -0.2) is 5.78 Å².